The van der Waals surface area contributed by atoms with Gasteiger partial charge in [0.25, 0.3) is 5.91 Å². The largest absolute Gasteiger partial charge is 0.465 e. The summed E-state index contributed by atoms with van der Waals surface area (Å²) in [5.41, 5.74) is 3.55. The van der Waals surface area contributed by atoms with Crippen LogP contribution in [0.2, 0.25) is 0 Å². The molecule has 33 heavy (non-hydrogen) atoms. The van der Waals surface area contributed by atoms with Crippen LogP contribution in [0.1, 0.15) is 55.3 Å². The highest BCUT2D eigenvalue weighted by molar-refractivity contribution is 6.03. The van der Waals surface area contributed by atoms with E-state index in [0.717, 1.165) is 29.7 Å². The van der Waals surface area contributed by atoms with Crippen molar-refractivity contribution >= 4 is 17.6 Å². The number of likely N-dealkylation sites (tertiary alicyclic amines) is 1. The molecule has 2 aromatic rings. The number of esters is 1. The van der Waals surface area contributed by atoms with E-state index in [1.165, 1.54) is 17.1 Å². The fourth-order valence-corrected chi connectivity index (χ4v) is 4.64. The third kappa shape index (κ3) is 5.30. The molecule has 0 radical (unpaired) electrons. The summed E-state index contributed by atoms with van der Waals surface area (Å²) in [6.07, 6.45) is 3.03. The SMILES string of the molecule is CCOC(=O)[C@@H]1CCCCN1CC(=O)N1N=C(c2cccc(C)c2)C[C@@H]1c1cccc(F)c1. The van der Waals surface area contributed by atoms with E-state index in [1.54, 1.807) is 13.0 Å². The number of hydrazone groups is 1. The first-order valence-corrected chi connectivity index (χ1v) is 11.6. The molecule has 2 aliphatic heterocycles. The van der Waals surface area contributed by atoms with Crippen LogP contribution in [0.3, 0.4) is 0 Å². The van der Waals surface area contributed by atoms with Crippen molar-refractivity contribution < 1.29 is 18.7 Å². The number of amides is 1. The number of aryl methyl sites for hydroxylation is 1. The third-order valence-electron chi connectivity index (χ3n) is 6.26. The van der Waals surface area contributed by atoms with E-state index in [9.17, 15) is 14.0 Å². The number of piperidine rings is 1. The Hall–Kier alpha value is -3.06. The normalized spacial score (nSPS) is 21.1. The van der Waals surface area contributed by atoms with Crippen molar-refractivity contribution in [3.05, 3.63) is 71.0 Å². The van der Waals surface area contributed by atoms with Crippen molar-refractivity contribution in [3.8, 4) is 0 Å². The van der Waals surface area contributed by atoms with E-state index in [0.29, 0.717) is 31.6 Å². The standard InChI is InChI=1S/C26H30FN3O3/c1-3-33-26(32)23-12-4-5-13-29(23)17-25(31)30-24(20-10-7-11-21(27)15-20)16-22(28-30)19-9-6-8-18(2)14-19/h6-11,14-15,23-24H,3-5,12-13,16-17H2,1-2H3/t23-,24+/m0/s1. The van der Waals surface area contributed by atoms with Gasteiger partial charge in [-0.05, 0) is 56.5 Å². The molecule has 0 spiro atoms. The van der Waals surface area contributed by atoms with Crippen LogP contribution in [0.4, 0.5) is 4.39 Å². The van der Waals surface area contributed by atoms with Gasteiger partial charge in [0.15, 0.2) is 0 Å². The molecular weight excluding hydrogens is 421 g/mol. The summed E-state index contributed by atoms with van der Waals surface area (Å²) in [7, 11) is 0. The van der Waals surface area contributed by atoms with Crippen molar-refractivity contribution in [3.63, 3.8) is 0 Å². The van der Waals surface area contributed by atoms with Gasteiger partial charge in [-0.15, -0.1) is 0 Å². The number of benzene rings is 2. The number of carbonyl (C=O) groups is 2. The molecule has 2 aromatic carbocycles. The first kappa shape index (κ1) is 23.1. The van der Waals surface area contributed by atoms with Gasteiger partial charge in [0, 0.05) is 6.42 Å². The van der Waals surface area contributed by atoms with E-state index in [1.807, 2.05) is 42.2 Å². The van der Waals surface area contributed by atoms with Crippen LogP contribution in [0.25, 0.3) is 0 Å². The van der Waals surface area contributed by atoms with Crippen molar-refractivity contribution in [1.82, 2.24) is 9.91 Å². The maximum Gasteiger partial charge on any atom is 0.323 e. The highest BCUT2D eigenvalue weighted by atomic mass is 19.1. The van der Waals surface area contributed by atoms with Gasteiger partial charge in [0.05, 0.1) is 24.9 Å². The molecule has 1 fully saturated rings. The van der Waals surface area contributed by atoms with E-state index >= 15 is 0 Å². The number of carbonyl (C=O) groups excluding carboxylic acids is 2. The molecule has 4 rings (SSSR count). The number of nitrogens with zero attached hydrogens (tertiary/aromatic N) is 3. The van der Waals surface area contributed by atoms with E-state index < -0.39 is 12.1 Å². The summed E-state index contributed by atoms with van der Waals surface area (Å²) >= 11 is 0. The zero-order valence-electron chi connectivity index (χ0n) is 19.2. The van der Waals surface area contributed by atoms with E-state index in [-0.39, 0.29) is 24.2 Å². The smallest absolute Gasteiger partial charge is 0.323 e. The van der Waals surface area contributed by atoms with Gasteiger partial charge in [-0.1, -0.05) is 48.4 Å². The molecule has 0 unspecified atom stereocenters. The van der Waals surface area contributed by atoms with Crippen molar-refractivity contribution in [1.29, 1.82) is 0 Å². The Morgan fingerprint density at radius 1 is 1.15 bits per heavy atom. The number of ether oxygens (including phenoxy) is 1. The summed E-state index contributed by atoms with van der Waals surface area (Å²) in [5.74, 6) is -0.831. The lowest BCUT2D eigenvalue weighted by atomic mass is 9.97. The highest BCUT2D eigenvalue weighted by Gasteiger charge is 2.37. The molecule has 2 atom stereocenters. The molecule has 174 valence electrons. The minimum Gasteiger partial charge on any atom is -0.465 e. The topological polar surface area (TPSA) is 62.2 Å². The minimum atomic E-state index is -0.418. The molecule has 0 bridgehead atoms. The van der Waals surface area contributed by atoms with Crippen LogP contribution in [-0.2, 0) is 14.3 Å². The van der Waals surface area contributed by atoms with Crippen molar-refractivity contribution in [2.45, 2.75) is 51.6 Å². The zero-order chi connectivity index (χ0) is 23.4. The lowest BCUT2D eigenvalue weighted by Crippen LogP contribution is -2.49. The minimum absolute atomic E-state index is 0.0693. The summed E-state index contributed by atoms with van der Waals surface area (Å²) in [6, 6.07) is 13.5. The lowest BCUT2D eigenvalue weighted by molar-refractivity contribution is -0.152. The average molecular weight is 452 g/mol. The Bertz CT molecular complexity index is 1050. The molecule has 7 heteroatoms. The summed E-state index contributed by atoms with van der Waals surface area (Å²) < 4.78 is 19.2. The zero-order valence-corrected chi connectivity index (χ0v) is 19.2. The van der Waals surface area contributed by atoms with Crippen LogP contribution in [0.5, 0.6) is 0 Å². The predicted octanol–water partition coefficient (Wildman–Crippen LogP) is 4.23. The van der Waals surface area contributed by atoms with Gasteiger partial charge in [-0.3, -0.25) is 14.5 Å². The molecular formula is C26H30FN3O3. The highest BCUT2D eigenvalue weighted by Crippen LogP contribution is 2.33. The number of halogens is 1. The van der Waals surface area contributed by atoms with Gasteiger partial charge < -0.3 is 4.74 Å². The molecule has 1 saturated heterocycles. The summed E-state index contributed by atoms with van der Waals surface area (Å²) in [6.45, 7) is 4.83. The second kappa shape index (κ2) is 10.3. The Morgan fingerprint density at radius 3 is 2.73 bits per heavy atom. The monoisotopic (exact) mass is 451 g/mol. The van der Waals surface area contributed by atoms with E-state index in [2.05, 4.69) is 0 Å². The molecule has 6 nitrogen and oxygen atoms in total. The fraction of sp³-hybridized carbons (Fsp3) is 0.423. The summed E-state index contributed by atoms with van der Waals surface area (Å²) in [4.78, 5) is 27.8. The van der Waals surface area contributed by atoms with Gasteiger partial charge in [-0.2, -0.15) is 5.10 Å². The molecule has 0 saturated carbocycles. The molecule has 0 N–H and O–H groups in total. The van der Waals surface area contributed by atoms with Gasteiger partial charge in [0.2, 0.25) is 0 Å². The Kier molecular flexibility index (Phi) is 7.18. The Balaban J connectivity index is 1.60. The second-order valence-electron chi connectivity index (χ2n) is 8.66. The Morgan fingerprint density at radius 2 is 1.97 bits per heavy atom. The maximum atomic E-state index is 14.0. The van der Waals surface area contributed by atoms with E-state index in [4.69, 9.17) is 9.84 Å². The number of hydrogen-bond acceptors (Lipinski definition) is 5. The van der Waals surface area contributed by atoms with Crippen LogP contribution < -0.4 is 0 Å². The second-order valence-corrected chi connectivity index (χ2v) is 8.66. The quantitative estimate of drug-likeness (QED) is 0.617. The molecule has 0 aromatic heterocycles. The predicted molar refractivity (Wildman–Crippen MR) is 124 cm³/mol. The third-order valence-corrected chi connectivity index (χ3v) is 6.26. The Labute approximate surface area is 194 Å². The van der Waals surface area contributed by atoms with Crippen LogP contribution in [-0.4, -0.2) is 53.2 Å². The van der Waals surface area contributed by atoms with Gasteiger partial charge in [0.1, 0.15) is 11.9 Å². The lowest BCUT2D eigenvalue weighted by Gasteiger charge is -2.34. The molecule has 1 amide bonds. The van der Waals surface area contributed by atoms with Crippen molar-refractivity contribution in [2.75, 3.05) is 19.7 Å². The molecule has 2 aliphatic rings. The fourth-order valence-electron chi connectivity index (χ4n) is 4.64. The first-order chi connectivity index (χ1) is 16.0. The van der Waals surface area contributed by atoms with Crippen LogP contribution in [0.15, 0.2) is 53.6 Å². The van der Waals surface area contributed by atoms with Gasteiger partial charge in [-0.25, -0.2) is 9.40 Å². The number of rotatable bonds is 6. The molecule has 0 aliphatic carbocycles. The average Bonchev–Trinajstić information content (AvgIpc) is 3.25. The first-order valence-electron chi connectivity index (χ1n) is 11.6. The maximum absolute atomic E-state index is 14.0. The summed E-state index contributed by atoms with van der Waals surface area (Å²) in [5, 5.41) is 6.17. The number of hydrogen-bond donors (Lipinski definition) is 0. The van der Waals surface area contributed by atoms with Crippen LogP contribution in [0, 0.1) is 12.7 Å². The van der Waals surface area contributed by atoms with Crippen LogP contribution >= 0.6 is 0 Å². The molecule has 2 heterocycles. The van der Waals surface area contributed by atoms with Gasteiger partial charge >= 0.3 is 5.97 Å². The van der Waals surface area contributed by atoms with Crippen molar-refractivity contribution in [2.24, 2.45) is 5.10 Å².